The molecule has 2 saturated heterocycles. The largest absolute Gasteiger partial charge is 0.390 e. The summed E-state index contributed by atoms with van der Waals surface area (Å²) in [6.07, 6.45) is 5.11. The van der Waals surface area contributed by atoms with Crippen molar-refractivity contribution in [1.82, 2.24) is 4.90 Å². The summed E-state index contributed by atoms with van der Waals surface area (Å²) in [6, 6.07) is 0.837. The Morgan fingerprint density at radius 3 is 2.24 bits per heavy atom. The standard InChI is InChI=1S/C14H27NO2/c1-4-11(5-2)6-14(16)7-12-9-17-10-13(8-14)15(12)3/h11-13,16H,4-10H2,1-3H3. The minimum atomic E-state index is -0.442. The molecular formula is C14H27NO2. The average Bonchev–Trinajstić information content (AvgIpc) is 2.29. The maximum atomic E-state index is 10.8. The minimum absolute atomic E-state index is 0.418. The molecule has 3 heteroatoms. The number of hydrogen-bond donors (Lipinski definition) is 1. The van der Waals surface area contributed by atoms with Crippen LogP contribution >= 0.6 is 0 Å². The van der Waals surface area contributed by atoms with Crippen LogP contribution in [0, 0.1) is 5.92 Å². The van der Waals surface area contributed by atoms with Gasteiger partial charge in [-0.25, -0.2) is 0 Å². The van der Waals surface area contributed by atoms with E-state index in [-0.39, 0.29) is 0 Å². The third-order valence-electron chi connectivity index (χ3n) is 4.83. The van der Waals surface area contributed by atoms with Crippen molar-refractivity contribution < 1.29 is 9.84 Å². The maximum Gasteiger partial charge on any atom is 0.0682 e. The van der Waals surface area contributed by atoms with Gasteiger partial charge >= 0.3 is 0 Å². The van der Waals surface area contributed by atoms with Crippen LogP contribution in [0.4, 0.5) is 0 Å². The quantitative estimate of drug-likeness (QED) is 0.817. The Morgan fingerprint density at radius 1 is 1.24 bits per heavy atom. The predicted octanol–water partition coefficient (Wildman–Crippen LogP) is 2.04. The lowest BCUT2D eigenvalue weighted by Gasteiger charge is -2.51. The molecular weight excluding hydrogens is 214 g/mol. The van der Waals surface area contributed by atoms with Gasteiger partial charge < -0.3 is 9.84 Å². The van der Waals surface area contributed by atoms with Crippen LogP contribution in [-0.4, -0.2) is 48.0 Å². The van der Waals surface area contributed by atoms with E-state index in [1.165, 1.54) is 12.8 Å². The molecule has 0 aromatic rings. The zero-order chi connectivity index (χ0) is 12.5. The number of fused-ring (bicyclic) bond motifs is 2. The van der Waals surface area contributed by atoms with Gasteiger partial charge in [0.15, 0.2) is 0 Å². The predicted molar refractivity (Wildman–Crippen MR) is 69.0 cm³/mol. The number of rotatable bonds is 4. The van der Waals surface area contributed by atoms with Crippen LogP contribution < -0.4 is 0 Å². The van der Waals surface area contributed by atoms with Gasteiger partial charge in [0.1, 0.15) is 0 Å². The molecule has 2 aliphatic heterocycles. The lowest BCUT2D eigenvalue weighted by Crippen LogP contribution is -2.60. The maximum absolute atomic E-state index is 10.8. The molecule has 0 spiro atoms. The first-order chi connectivity index (χ1) is 8.08. The van der Waals surface area contributed by atoms with Crippen molar-refractivity contribution in [2.45, 2.75) is 63.6 Å². The topological polar surface area (TPSA) is 32.7 Å². The monoisotopic (exact) mass is 241 g/mol. The summed E-state index contributed by atoms with van der Waals surface area (Å²) in [7, 11) is 2.18. The van der Waals surface area contributed by atoms with E-state index >= 15 is 0 Å². The van der Waals surface area contributed by atoms with E-state index in [0.29, 0.717) is 18.0 Å². The first-order valence-corrected chi connectivity index (χ1v) is 7.10. The molecule has 0 aromatic carbocycles. The third-order valence-corrected chi connectivity index (χ3v) is 4.83. The van der Waals surface area contributed by atoms with E-state index in [2.05, 4.69) is 25.8 Å². The highest BCUT2D eigenvalue weighted by Crippen LogP contribution is 2.38. The SMILES string of the molecule is CCC(CC)CC1(O)CC2COCC(C1)N2C. The Kier molecular flexibility index (Phi) is 4.11. The van der Waals surface area contributed by atoms with Crippen molar-refractivity contribution in [2.24, 2.45) is 5.92 Å². The summed E-state index contributed by atoms with van der Waals surface area (Å²) < 4.78 is 5.61. The van der Waals surface area contributed by atoms with Gasteiger partial charge in [-0.05, 0) is 32.2 Å². The molecule has 1 N–H and O–H groups in total. The zero-order valence-electron chi connectivity index (χ0n) is 11.5. The number of likely N-dealkylation sites (N-methyl/N-ethyl adjacent to an activating group) is 1. The summed E-state index contributed by atoms with van der Waals surface area (Å²) in [5, 5.41) is 10.8. The first kappa shape index (κ1) is 13.3. The van der Waals surface area contributed by atoms with E-state index in [4.69, 9.17) is 4.74 Å². The molecule has 2 heterocycles. The summed E-state index contributed by atoms with van der Waals surface area (Å²) in [5.41, 5.74) is -0.442. The Labute approximate surface area is 105 Å². The van der Waals surface area contributed by atoms with E-state index in [1.54, 1.807) is 0 Å². The molecule has 0 aromatic heterocycles. The fourth-order valence-corrected chi connectivity index (χ4v) is 3.52. The van der Waals surface area contributed by atoms with Crippen LogP contribution in [0.25, 0.3) is 0 Å². The molecule has 2 atom stereocenters. The highest BCUT2D eigenvalue weighted by atomic mass is 16.5. The third kappa shape index (κ3) is 2.83. The summed E-state index contributed by atoms with van der Waals surface area (Å²) in [5.74, 6) is 0.671. The normalized spacial score (nSPS) is 38.6. The average molecular weight is 241 g/mol. The van der Waals surface area contributed by atoms with Crippen LogP contribution in [-0.2, 0) is 4.74 Å². The lowest BCUT2D eigenvalue weighted by molar-refractivity contribution is -0.140. The van der Waals surface area contributed by atoms with Gasteiger partial charge in [0.2, 0.25) is 0 Å². The molecule has 2 fully saturated rings. The first-order valence-electron chi connectivity index (χ1n) is 7.10. The van der Waals surface area contributed by atoms with Gasteiger partial charge in [-0.2, -0.15) is 0 Å². The number of hydrogen-bond acceptors (Lipinski definition) is 3. The summed E-state index contributed by atoms with van der Waals surface area (Å²) in [6.45, 7) is 6.04. The van der Waals surface area contributed by atoms with Crippen molar-refractivity contribution in [3.8, 4) is 0 Å². The number of morpholine rings is 1. The van der Waals surface area contributed by atoms with Crippen LogP contribution in [0.5, 0.6) is 0 Å². The van der Waals surface area contributed by atoms with Gasteiger partial charge in [0.05, 0.1) is 18.8 Å². The molecule has 100 valence electrons. The Morgan fingerprint density at radius 2 is 1.76 bits per heavy atom. The molecule has 0 aliphatic carbocycles. The molecule has 2 rings (SSSR count). The fraction of sp³-hybridized carbons (Fsp3) is 1.00. The minimum Gasteiger partial charge on any atom is -0.390 e. The molecule has 17 heavy (non-hydrogen) atoms. The fourth-order valence-electron chi connectivity index (χ4n) is 3.52. The van der Waals surface area contributed by atoms with Crippen molar-refractivity contribution in [3.05, 3.63) is 0 Å². The highest BCUT2D eigenvalue weighted by molar-refractivity contribution is 4.98. The smallest absolute Gasteiger partial charge is 0.0682 e. The second kappa shape index (κ2) is 5.25. The molecule has 0 amide bonds. The molecule has 0 radical (unpaired) electrons. The van der Waals surface area contributed by atoms with Gasteiger partial charge in [0.25, 0.3) is 0 Å². The van der Waals surface area contributed by atoms with E-state index in [0.717, 1.165) is 32.5 Å². The molecule has 3 nitrogen and oxygen atoms in total. The Bertz CT molecular complexity index is 233. The lowest BCUT2D eigenvalue weighted by atomic mass is 9.75. The van der Waals surface area contributed by atoms with Gasteiger partial charge in [-0.1, -0.05) is 26.7 Å². The Hall–Kier alpha value is -0.120. The second-order valence-corrected chi connectivity index (χ2v) is 6.03. The van der Waals surface area contributed by atoms with Crippen molar-refractivity contribution in [3.63, 3.8) is 0 Å². The van der Waals surface area contributed by atoms with Crippen LogP contribution in [0.1, 0.15) is 46.0 Å². The second-order valence-electron chi connectivity index (χ2n) is 6.03. The summed E-state index contributed by atoms with van der Waals surface area (Å²) >= 11 is 0. The van der Waals surface area contributed by atoms with Gasteiger partial charge in [-0.15, -0.1) is 0 Å². The summed E-state index contributed by atoms with van der Waals surface area (Å²) in [4.78, 5) is 2.41. The van der Waals surface area contributed by atoms with Gasteiger partial charge in [-0.3, -0.25) is 4.90 Å². The number of ether oxygens (including phenoxy) is 1. The van der Waals surface area contributed by atoms with Crippen LogP contribution in [0.3, 0.4) is 0 Å². The number of nitrogens with zero attached hydrogens (tertiary/aromatic N) is 1. The Balaban J connectivity index is 2.01. The number of piperidine rings is 1. The van der Waals surface area contributed by atoms with E-state index < -0.39 is 5.60 Å². The highest BCUT2D eigenvalue weighted by Gasteiger charge is 2.44. The molecule has 0 saturated carbocycles. The molecule has 2 unspecified atom stereocenters. The van der Waals surface area contributed by atoms with Crippen LogP contribution in [0.2, 0.25) is 0 Å². The number of aliphatic hydroxyl groups is 1. The van der Waals surface area contributed by atoms with Crippen LogP contribution in [0.15, 0.2) is 0 Å². The van der Waals surface area contributed by atoms with Gasteiger partial charge in [0, 0.05) is 12.1 Å². The van der Waals surface area contributed by atoms with Crippen molar-refractivity contribution in [2.75, 3.05) is 20.3 Å². The zero-order valence-corrected chi connectivity index (χ0v) is 11.5. The van der Waals surface area contributed by atoms with Crippen molar-refractivity contribution in [1.29, 1.82) is 0 Å². The molecule has 2 aliphatic rings. The van der Waals surface area contributed by atoms with E-state index in [9.17, 15) is 5.11 Å². The van der Waals surface area contributed by atoms with Crippen molar-refractivity contribution >= 4 is 0 Å². The van der Waals surface area contributed by atoms with E-state index in [1.807, 2.05) is 0 Å². The molecule has 2 bridgehead atoms.